The van der Waals surface area contributed by atoms with Crippen LogP contribution in [0.3, 0.4) is 0 Å². The van der Waals surface area contributed by atoms with Gasteiger partial charge in [-0.3, -0.25) is 0 Å². The van der Waals surface area contributed by atoms with Crippen LogP contribution in [-0.4, -0.2) is 0 Å². The Morgan fingerprint density at radius 2 is 1.79 bits per heavy atom. The quantitative estimate of drug-likeness (QED) is 0.258. The topological polar surface area (TPSA) is 56.8 Å². The van der Waals surface area contributed by atoms with E-state index in [1.807, 2.05) is 30.3 Å². The van der Waals surface area contributed by atoms with Gasteiger partial charge in [-0.2, -0.15) is 10.5 Å². The van der Waals surface area contributed by atoms with Gasteiger partial charge in [0.2, 0.25) is 0 Å². The van der Waals surface area contributed by atoms with Gasteiger partial charge < -0.3 is 4.74 Å². The van der Waals surface area contributed by atoms with E-state index in [-0.39, 0.29) is 17.7 Å². The Balaban J connectivity index is 1.82. The molecular formula is C23H14FIN2O. The molecule has 0 N–H and O–H groups in total. The summed E-state index contributed by atoms with van der Waals surface area (Å²) < 4.78 is 20.7. The first-order chi connectivity index (χ1) is 13.6. The number of nitrogens with zero attached hydrogens (tertiary/aromatic N) is 2. The van der Waals surface area contributed by atoms with Gasteiger partial charge in [0.25, 0.3) is 0 Å². The zero-order valence-electron chi connectivity index (χ0n) is 14.7. The molecule has 0 fully saturated rings. The molecule has 0 unspecified atom stereocenters. The number of hydrogen-bond donors (Lipinski definition) is 0. The second-order valence-electron chi connectivity index (χ2n) is 5.90. The zero-order valence-corrected chi connectivity index (χ0v) is 16.9. The molecule has 0 aliphatic heterocycles. The summed E-state index contributed by atoms with van der Waals surface area (Å²) in [6, 6.07) is 23.2. The van der Waals surface area contributed by atoms with E-state index in [4.69, 9.17) is 10.00 Å². The van der Waals surface area contributed by atoms with Gasteiger partial charge in [-0.25, -0.2) is 4.39 Å². The van der Waals surface area contributed by atoms with Gasteiger partial charge >= 0.3 is 0 Å². The van der Waals surface area contributed by atoms with Gasteiger partial charge in [-0.1, -0.05) is 42.5 Å². The zero-order chi connectivity index (χ0) is 19.9. The number of halogens is 2. The second-order valence-corrected chi connectivity index (χ2v) is 7.06. The van der Waals surface area contributed by atoms with Crippen LogP contribution in [0.2, 0.25) is 0 Å². The van der Waals surface area contributed by atoms with Crippen molar-refractivity contribution >= 4 is 34.2 Å². The molecule has 0 aliphatic carbocycles. The van der Waals surface area contributed by atoms with Gasteiger partial charge in [0, 0.05) is 11.1 Å². The van der Waals surface area contributed by atoms with E-state index in [0.29, 0.717) is 11.3 Å². The van der Waals surface area contributed by atoms with Gasteiger partial charge in [0.15, 0.2) is 0 Å². The third kappa shape index (κ3) is 4.57. The predicted molar refractivity (Wildman–Crippen MR) is 115 cm³/mol. The Labute approximate surface area is 176 Å². The highest BCUT2D eigenvalue weighted by Crippen LogP contribution is 2.26. The maximum absolute atomic E-state index is 14.0. The summed E-state index contributed by atoms with van der Waals surface area (Å²) in [5, 5.41) is 18.6. The highest BCUT2D eigenvalue weighted by atomic mass is 127. The Hall–Kier alpha value is -3.16. The largest absolute Gasteiger partial charge is 0.488 e. The molecule has 0 spiro atoms. The van der Waals surface area contributed by atoms with Gasteiger partial charge in [-0.05, 0) is 58.5 Å². The van der Waals surface area contributed by atoms with Crippen LogP contribution in [0.5, 0.6) is 5.75 Å². The second kappa shape index (κ2) is 9.16. The molecular weight excluding hydrogens is 466 g/mol. The molecule has 0 saturated heterocycles. The lowest BCUT2D eigenvalue weighted by Gasteiger charge is -2.10. The van der Waals surface area contributed by atoms with Crippen molar-refractivity contribution in [2.24, 2.45) is 0 Å². The summed E-state index contributed by atoms with van der Waals surface area (Å²) in [7, 11) is 0. The lowest BCUT2D eigenvalue weighted by atomic mass is 10.0. The van der Waals surface area contributed by atoms with Crippen LogP contribution < -0.4 is 4.74 Å². The molecule has 0 heterocycles. The van der Waals surface area contributed by atoms with Crippen molar-refractivity contribution in [2.45, 2.75) is 6.61 Å². The molecule has 0 amide bonds. The highest BCUT2D eigenvalue weighted by molar-refractivity contribution is 14.1. The first kappa shape index (κ1) is 19.6. The number of nitriles is 2. The Morgan fingerprint density at radius 1 is 1.04 bits per heavy atom. The minimum atomic E-state index is -0.430. The maximum Gasteiger partial charge on any atom is 0.133 e. The molecule has 136 valence electrons. The summed E-state index contributed by atoms with van der Waals surface area (Å²) in [6.07, 6.45) is 1.65. The van der Waals surface area contributed by atoms with E-state index in [9.17, 15) is 9.65 Å². The number of benzene rings is 3. The summed E-state index contributed by atoms with van der Waals surface area (Å²) in [6.45, 7) is 0.285. The van der Waals surface area contributed by atoms with Crippen LogP contribution in [0.15, 0.2) is 66.7 Å². The van der Waals surface area contributed by atoms with Crippen molar-refractivity contribution in [3.05, 3.63) is 98.4 Å². The first-order valence-electron chi connectivity index (χ1n) is 8.39. The molecule has 0 aromatic heterocycles. The fraction of sp³-hybridized carbons (Fsp3) is 0.0435. The summed E-state index contributed by atoms with van der Waals surface area (Å²) in [5.74, 6) is 0.246. The van der Waals surface area contributed by atoms with Crippen molar-refractivity contribution in [3.63, 3.8) is 0 Å². The Morgan fingerprint density at radius 3 is 2.50 bits per heavy atom. The number of allylic oxidation sites excluding steroid dienone is 1. The average molecular weight is 480 g/mol. The monoisotopic (exact) mass is 480 g/mol. The van der Waals surface area contributed by atoms with E-state index in [1.165, 1.54) is 6.07 Å². The van der Waals surface area contributed by atoms with Crippen LogP contribution in [0.25, 0.3) is 11.6 Å². The summed E-state index contributed by atoms with van der Waals surface area (Å²) in [4.78, 5) is 0. The van der Waals surface area contributed by atoms with Crippen LogP contribution in [0.1, 0.15) is 22.3 Å². The fourth-order valence-electron chi connectivity index (χ4n) is 2.65. The van der Waals surface area contributed by atoms with E-state index in [0.717, 1.165) is 14.7 Å². The van der Waals surface area contributed by atoms with Crippen molar-refractivity contribution in [2.75, 3.05) is 0 Å². The van der Waals surface area contributed by atoms with Crippen molar-refractivity contribution in [1.82, 2.24) is 0 Å². The average Bonchev–Trinajstić information content (AvgIpc) is 2.72. The van der Waals surface area contributed by atoms with Gasteiger partial charge in [-0.15, -0.1) is 0 Å². The molecule has 0 atom stereocenters. The number of rotatable bonds is 5. The van der Waals surface area contributed by atoms with Crippen molar-refractivity contribution in [3.8, 4) is 17.9 Å². The maximum atomic E-state index is 14.0. The van der Waals surface area contributed by atoms with E-state index < -0.39 is 5.82 Å². The molecule has 5 heteroatoms. The Bertz CT molecular complexity index is 1130. The first-order valence-corrected chi connectivity index (χ1v) is 9.47. The lowest BCUT2D eigenvalue weighted by Crippen LogP contribution is -1.99. The summed E-state index contributed by atoms with van der Waals surface area (Å²) in [5.41, 5.74) is 2.70. The van der Waals surface area contributed by atoms with Crippen molar-refractivity contribution in [1.29, 1.82) is 10.5 Å². The van der Waals surface area contributed by atoms with E-state index in [2.05, 4.69) is 34.7 Å². The van der Waals surface area contributed by atoms with Crippen LogP contribution >= 0.6 is 22.6 Å². The molecule has 3 aromatic carbocycles. The molecule has 3 rings (SSSR count). The molecule has 0 bridgehead atoms. The molecule has 0 aliphatic rings. The minimum absolute atomic E-state index is 0.255. The lowest BCUT2D eigenvalue weighted by molar-refractivity contribution is 0.303. The number of hydrogen-bond acceptors (Lipinski definition) is 3. The summed E-state index contributed by atoms with van der Waals surface area (Å²) >= 11 is 2.15. The molecule has 0 saturated carbocycles. The minimum Gasteiger partial charge on any atom is -0.488 e. The SMILES string of the molecule is N#CC(=Cc1ccc(OCc2ccccc2C#N)c(I)c1)c1ccccc1F. The highest BCUT2D eigenvalue weighted by Gasteiger charge is 2.09. The molecule has 3 aromatic rings. The van der Waals surface area contributed by atoms with Crippen LogP contribution in [0.4, 0.5) is 4.39 Å². The molecule has 0 radical (unpaired) electrons. The predicted octanol–water partition coefficient (Wildman–Crippen LogP) is 5.95. The van der Waals surface area contributed by atoms with Crippen molar-refractivity contribution < 1.29 is 9.13 Å². The standard InChI is InChI=1S/C23H14FIN2O/c24-21-8-4-3-7-20(21)19(14-27)11-16-9-10-23(22(25)12-16)28-15-18-6-2-1-5-17(18)13-26/h1-12H,15H2. The van der Waals surface area contributed by atoms with Crippen LogP contribution in [-0.2, 0) is 6.61 Å². The number of ether oxygens (including phenoxy) is 1. The third-order valence-corrected chi connectivity index (χ3v) is 4.92. The Kier molecular flexibility index (Phi) is 6.41. The van der Waals surface area contributed by atoms with E-state index in [1.54, 1.807) is 36.4 Å². The normalized spacial score (nSPS) is 10.8. The van der Waals surface area contributed by atoms with Gasteiger partial charge in [0.1, 0.15) is 18.2 Å². The molecule has 28 heavy (non-hydrogen) atoms. The van der Waals surface area contributed by atoms with E-state index >= 15 is 0 Å². The fourth-order valence-corrected chi connectivity index (χ4v) is 3.35. The molecule has 3 nitrogen and oxygen atoms in total. The van der Waals surface area contributed by atoms with Crippen LogP contribution in [0, 0.1) is 32.0 Å². The van der Waals surface area contributed by atoms with Gasteiger partial charge in [0.05, 0.1) is 26.8 Å². The third-order valence-electron chi connectivity index (χ3n) is 4.07. The smallest absolute Gasteiger partial charge is 0.133 e.